The zero-order valence-electron chi connectivity index (χ0n) is 27.0. The highest BCUT2D eigenvalue weighted by atomic mass is 31.2. The summed E-state index contributed by atoms with van der Waals surface area (Å²) in [4.78, 5) is 0. The molecule has 0 N–H and O–H groups in total. The molecule has 8 aromatic rings. The van der Waals surface area contributed by atoms with Crippen LogP contribution in [0.4, 0.5) is 0 Å². The summed E-state index contributed by atoms with van der Waals surface area (Å²) < 4.78 is 39.6. The van der Waals surface area contributed by atoms with Crippen LogP contribution in [-0.4, -0.2) is 0 Å². The minimum atomic E-state index is -1.85. The third kappa shape index (κ3) is 4.71. The lowest BCUT2D eigenvalue weighted by molar-refractivity contribution is 0.378. The van der Waals surface area contributed by atoms with Crippen LogP contribution >= 0.6 is 17.2 Å². The van der Waals surface area contributed by atoms with E-state index in [1.54, 1.807) is 0 Å². The van der Waals surface area contributed by atoms with Gasteiger partial charge in [0.2, 0.25) is 0 Å². The first kappa shape index (κ1) is 29.4. The van der Waals surface area contributed by atoms with Gasteiger partial charge in [-0.25, -0.2) is 0 Å². The first-order valence-electron chi connectivity index (χ1n) is 16.4. The molecule has 0 aromatic heterocycles. The molecule has 8 aromatic carbocycles. The Labute approximate surface area is 290 Å². The summed E-state index contributed by atoms with van der Waals surface area (Å²) in [5, 5.41) is 8.17. The van der Waals surface area contributed by atoms with Crippen molar-refractivity contribution in [3.8, 4) is 45.6 Å². The average molecular weight is 691 g/mol. The molecule has 8 heteroatoms. The third-order valence-corrected chi connectivity index (χ3v) is 11.4. The molecular formula is C42H28O6P2. The zero-order valence-corrected chi connectivity index (χ0v) is 28.8. The summed E-state index contributed by atoms with van der Waals surface area (Å²) in [6.07, 6.45) is 0. The molecule has 2 aliphatic heterocycles. The number of hydrogen-bond donors (Lipinski definition) is 0. The number of hydrogen-bond acceptors (Lipinski definition) is 6. The maximum absolute atomic E-state index is 6.89. The van der Waals surface area contributed by atoms with Gasteiger partial charge in [-0.3, -0.25) is 0 Å². The third-order valence-electron chi connectivity index (χ3n) is 9.30. The zero-order chi connectivity index (χ0) is 33.3. The molecule has 2 heterocycles. The fourth-order valence-electron chi connectivity index (χ4n) is 7.10. The summed E-state index contributed by atoms with van der Waals surface area (Å²) in [6, 6.07) is 45.0. The minimum Gasteiger partial charge on any atom is -0.408 e. The van der Waals surface area contributed by atoms with Crippen LogP contribution in [0, 0.1) is 13.8 Å². The molecule has 0 unspecified atom stereocenters. The van der Waals surface area contributed by atoms with E-state index in [2.05, 4.69) is 86.6 Å². The highest BCUT2D eigenvalue weighted by molar-refractivity contribution is 7.43. The van der Waals surface area contributed by atoms with Gasteiger partial charge in [0.15, 0.2) is 0 Å². The SMILES string of the molecule is Cc1cc2ccccc2c(-c2c(OP3Oc4cccc5cccc(c45)O3)c(C)cc3ccccc23)c1OP1Oc2cccc3cccc(c23)O1. The number of aryl methyl sites for hydroxylation is 2. The minimum absolute atomic E-state index is 0.662. The van der Waals surface area contributed by atoms with E-state index in [1.807, 2.05) is 60.7 Å². The van der Waals surface area contributed by atoms with Crippen LogP contribution in [0.2, 0.25) is 0 Å². The van der Waals surface area contributed by atoms with Crippen molar-refractivity contribution in [1.29, 1.82) is 0 Å². The Kier molecular flexibility index (Phi) is 6.77. The fourth-order valence-corrected chi connectivity index (χ4v) is 9.35. The Morgan fingerprint density at radius 3 is 1.12 bits per heavy atom. The van der Waals surface area contributed by atoms with Crippen molar-refractivity contribution in [1.82, 2.24) is 0 Å². The van der Waals surface area contributed by atoms with E-state index in [1.165, 1.54) is 0 Å². The van der Waals surface area contributed by atoms with Crippen LogP contribution in [0.5, 0.6) is 34.5 Å². The van der Waals surface area contributed by atoms with Crippen LogP contribution in [0.3, 0.4) is 0 Å². The van der Waals surface area contributed by atoms with E-state index in [-0.39, 0.29) is 0 Å². The van der Waals surface area contributed by atoms with E-state index in [9.17, 15) is 0 Å². The monoisotopic (exact) mass is 690 g/mol. The van der Waals surface area contributed by atoms with Crippen molar-refractivity contribution in [3.05, 3.63) is 145 Å². The van der Waals surface area contributed by atoms with E-state index in [0.717, 1.165) is 88.3 Å². The molecule has 242 valence electrons. The van der Waals surface area contributed by atoms with Gasteiger partial charge in [0, 0.05) is 11.1 Å². The quantitative estimate of drug-likeness (QED) is 0.168. The van der Waals surface area contributed by atoms with Gasteiger partial charge in [-0.15, -0.1) is 0 Å². The Balaban J connectivity index is 1.15. The Morgan fingerprint density at radius 2 is 0.740 bits per heavy atom. The molecule has 50 heavy (non-hydrogen) atoms. The molecule has 10 rings (SSSR count). The molecule has 0 bridgehead atoms. The molecule has 0 amide bonds. The molecule has 0 aliphatic carbocycles. The lowest BCUT2D eigenvalue weighted by Gasteiger charge is -2.28. The van der Waals surface area contributed by atoms with Crippen LogP contribution in [0.25, 0.3) is 54.2 Å². The van der Waals surface area contributed by atoms with Gasteiger partial charge < -0.3 is 27.1 Å². The maximum atomic E-state index is 6.89. The number of rotatable bonds is 5. The summed E-state index contributed by atoms with van der Waals surface area (Å²) in [5.74, 6) is 4.29. The van der Waals surface area contributed by atoms with Gasteiger partial charge in [-0.05, 0) is 93.7 Å². The molecule has 0 saturated heterocycles. The summed E-state index contributed by atoms with van der Waals surface area (Å²) in [5.41, 5.74) is 3.66. The van der Waals surface area contributed by atoms with Crippen molar-refractivity contribution in [3.63, 3.8) is 0 Å². The normalized spacial score (nSPS) is 13.9. The van der Waals surface area contributed by atoms with Crippen LogP contribution in [-0.2, 0) is 0 Å². The first-order chi connectivity index (χ1) is 24.6. The van der Waals surface area contributed by atoms with Gasteiger partial charge in [0.25, 0.3) is 0 Å². The highest BCUT2D eigenvalue weighted by Gasteiger charge is 2.34. The summed E-state index contributed by atoms with van der Waals surface area (Å²) in [6.45, 7) is 4.12. The summed E-state index contributed by atoms with van der Waals surface area (Å²) in [7, 11) is -3.70. The van der Waals surface area contributed by atoms with Gasteiger partial charge in [0.05, 0.1) is 10.8 Å². The van der Waals surface area contributed by atoms with Crippen LogP contribution < -0.4 is 27.1 Å². The average Bonchev–Trinajstić information content (AvgIpc) is 3.13. The van der Waals surface area contributed by atoms with Gasteiger partial charge in [0.1, 0.15) is 34.5 Å². The molecular weight excluding hydrogens is 662 g/mol. The molecule has 0 radical (unpaired) electrons. The van der Waals surface area contributed by atoms with E-state index in [0.29, 0.717) is 11.5 Å². The predicted octanol–water partition coefficient (Wildman–Crippen LogP) is 12.7. The largest absolute Gasteiger partial charge is 0.530 e. The Hall–Kier alpha value is -5.54. The first-order valence-corrected chi connectivity index (χ1v) is 18.5. The fraction of sp³-hybridized carbons (Fsp3) is 0.0476. The number of fused-ring (bicyclic) bond motifs is 2. The Morgan fingerprint density at radius 1 is 0.400 bits per heavy atom. The second-order valence-corrected chi connectivity index (χ2v) is 14.4. The van der Waals surface area contributed by atoms with Gasteiger partial charge in [-0.2, -0.15) is 0 Å². The highest BCUT2D eigenvalue weighted by Crippen LogP contribution is 2.58. The van der Waals surface area contributed by atoms with Crippen molar-refractivity contribution >= 4 is 60.3 Å². The van der Waals surface area contributed by atoms with E-state index < -0.39 is 17.2 Å². The van der Waals surface area contributed by atoms with Gasteiger partial charge in [-0.1, -0.05) is 97.1 Å². The predicted molar refractivity (Wildman–Crippen MR) is 202 cm³/mol. The van der Waals surface area contributed by atoms with Crippen molar-refractivity contribution in [2.24, 2.45) is 0 Å². The van der Waals surface area contributed by atoms with E-state index in [4.69, 9.17) is 27.1 Å². The van der Waals surface area contributed by atoms with Crippen LogP contribution in [0.15, 0.2) is 133 Å². The van der Waals surface area contributed by atoms with Crippen molar-refractivity contribution in [2.75, 3.05) is 0 Å². The Bertz CT molecular complexity index is 2410. The standard InChI is InChI=1S/C42H28O6P2/c1-25-23-29-11-3-5-17-31(29)39(41(25)47-49-43-33-19-7-13-27-14-8-20-34(44-49)37(27)33)40-32-18-6-4-12-30(32)24-26(2)42(40)48-50-45-35-21-9-15-28-16-10-22-36(46-50)38(28)35/h3-24H,1-2H3. The lowest BCUT2D eigenvalue weighted by Crippen LogP contribution is -2.09. The van der Waals surface area contributed by atoms with Gasteiger partial charge >= 0.3 is 17.2 Å². The van der Waals surface area contributed by atoms with Crippen LogP contribution in [0.1, 0.15) is 11.1 Å². The molecule has 0 atom stereocenters. The maximum Gasteiger partial charge on any atom is 0.530 e. The molecule has 0 spiro atoms. The smallest absolute Gasteiger partial charge is 0.408 e. The second-order valence-electron chi connectivity index (χ2n) is 12.5. The molecule has 0 fully saturated rings. The molecule has 6 nitrogen and oxygen atoms in total. The molecule has 2 aliphatic rings. The number of benzene rings is 8. The molecule has 0 saturated carbocycles. The second kappa shape index (κ2) is 11.5. The topological polar surface area (TPSA) is 55.4 Å². The lowest BCUT2D eigenvalue weighted by atomic mass is 9.89. The summed E-state index contributed by atoms with van der Waals surface area (Å²) >= 11 is 0. The van der Waals surface area contributed by atoms with Crippen molar-refractivity contribution in [2.45, 2.75) is 13.8 Å². The van der Waals surface area contributed by atoms with E-state index >= 15 is 0 Å². The van der Waals surface area contributed by atoms with Crippen molar-refractivity contribution < 1.29 is 27.1 Å².